The van der Waals surface area contributed by atoms with Crippen LogP contribution in [0.1, 0.15) is 31.0 Å². The Labute approximate surface area is 108 Å². The molecule has 0 saturated heterocycles. The highest BCUT2D eigenvalue weighted by Gasteiger charge is 2.22. The van der Waals surface area contributed by atoms with E-state index in [0.29, 0.717) is 11.8 Å². The zero-order valence-corrected chi connectivity index (χ0v) is 12.3. The first-order valence-electron chi connectivity index (χ1n) is 4.52. The van der Waals surface area contributed by atoms with Gasteiger partial charge in [0.2, 0.25) is 0 Å². The van der Waals surface area contributed by atoms with E-state index in [-0.39, 0.29) is 5.38 Å². The van der Waals surface area contributed by atoms with E-state index in [1.807, 2.05) is 6.07 Å². The third-order valence-corrected chi connectivity index (χ3v) is 5.77. The number of alkyl halides is 1. The third-order valence-electron chi connectivity index (χ3n) is 2.45. The lowest BCUT2D eigenvalue weighted by Gasteiger charge is -2.20. The maximum Gasteiger partial charge on any atom is 0.0887 e. The van der Waals surface area contributed by atoms with Crippen molar-refractivity contribution in [2.24, 2.45) is 11.8 Å². The summed E-state index contributed by atoms with van der Waals surface area (Å²) in [5.74, 6) is 1.04. The van der Waals surface area contributed by atoms with Gasteiger partial charge in [-0.2, -0.15) is 0 Å². The van der Waals surface area contributed by atoms with E-state index in [4.69, 9.17) is 23.2 Å². The van der Waals surface area contributed by atoms with Gasteiger partial charge in [0.1, 0.15) is 0 Å². The first kappa shape index (κ1) is 12.8. The van der Waals surface area contributed by atoms with Gasteiger partial charge < -0.3 is 0 Å². The Balaban J connectivity index is 2.83. The summed E-state index contributed by atoms with van der Waals surface area (Å²) in [4.78, 5) is 1.14. The van der Waals surface area contributed by atoms with Gasteiger partial charge in [0, 0.05) is 4.88 Å². The molecule has 0 saturated carbocycles. The number of halogens is 3. The SMILES string of the molecule is CC(C)C(C)C(Cl)c1cc(Cl)c(Br)s1. The number of hydrogen-bond donors (Lipinski definition) is 0. The summed E-state index contributed by atoms with van der Waals surface area (Å²) in [6.07, 6.45) is 0. The first-order chi connectivity index (χ1) is 6.43. The van der Waals surface area contributed by atoms with Crippen LogP contribution in [0.3, 0.4) is 0 Å². The molecule has 4 heteroatoms. The zero-order chi connectivity index (χ0) is 10.9. The quantitative estimate of drug-likeness (QED) is 0.624. The fraction of sp³-hybridized carbons (Fsp3) is 0.600. The van der Waals surface area contributed by atoms with Crippen LogP contribution in [0.4, 0.5) is 0 Å². The molecule has 0 radical (unpaired) electrons. The number of thiophene rings is 1. The van der Waals surface area contributed by atoms with Gasteiger partial charge in [-0.3, -0.25) is 0 Å². The van der Waals surface area contributed by atoms with Gasteiger partial charge in [-0.1, -0.05) is 32.4 Å². The van der Waals surface area contributed by atoms with E-state index in [9.17, 15) is 0 Å². The van der Waals surface area contributed by atoms with Crippen LogP contribution < -0.4 is 0 Å². The zero-order valence-electron chi connectivity index (χ0n) is 8.35. The largest absolute Gasteiger partial charge is 0.130 e. The van der Waals surface area contributed by atoms with Crippen LogP contribution in [-0.2, 0) is 0 Å². The predicted octanol–water partition coefficient (Wildman–Crippen LogP) is 5.74. The normalized spacial score (nSPS) is 15.9. The Bertz CT molecular complexity index is 290. The highest BCUT2D eigenvalue weighted by molar-refractivity contribution is 9.11. The Hall–Kier alpha value is 0.760. The summed E-state index contributed by atoms with van der Waals surface area (Å²) in [6, 6.07) is 1.95. The number of hydrogen-bond acceptors (Lipinski definition) is 1. The monoisotopic (exact) mass is 314 g/mol. The topological polar surface area (TPSA) is 0 Å². The molecule has 0 amide bonds. The average molecular weight is 316 g/mol. The van der Waals surface area contributed by atoms with Crippen LogP contribution in [0, 0.1) is 11.8 Å². The molecule has 2 atom stereocenters. The minimum atomic E-state index is 0.0591. The van der Waals surface area contributed by atoms with Crippen molar-refractivity contribution in [2.75, 3.05) is 0 Å². The molecule has 80 valence electrons. The fourth-order valence-electron chi connectivity index (χ4n) is 1.10. The molecule has 1 heterocycles. The molecule has 0 aliphatic carbocycles. The molecule has 0 N–H and O–H groups in total. The highest BCUT2D eigenvalue weighted by Crippen LogP contribution is 2.42. The van der Waals surface area contributed by atoms with Crippen LogP contribution in [0.2, 0.25) is 5.02 Å². The molecule has 1 aromatic rings. The van der Waals surface area contributed by atoms with Crippen molar-refractivity contribution in [2.45, 2.75) is 26.1 Å². The molecule has 0 nitrogen and oxygen atoms in total. The van der Waals surface area contributed by atoms with Crippen LogP contribution in [0.15, 0.2) is 9.85 Å². The second kappa shape index (κ2) is 5.20. The molecule has 2 unspecified atom stereocenters. The molecule has 0 spiro atoms. The van der Waals surface area contributed by atoms with Crippen molar-refractivity contribution in [3.63, 3.8) is 0 Å². The van der Waals surface area contributed by atoms with Crippen molar-refractivity contribution < 1.29 is 0 Å². The second-order valence-electron chi connectivity index (χ2n) is 3.78. The van der Waals surface area contributed by atoms with Gasteiger partial charge in [0.15, 0.2) is 0 Å². The summed E-state index contributed by atoms with van der Waals surface area (Å²) < 4.78 is 0.968. The summed E-state index contributed by atoms with van der Waals surface area (Å²) >= 11 is 17.3. The minimum Gasteiger partial charge on any atom is -0.130 e. The standard InChI is InChI=1S/C10H13BrCl2S/c1-5(2)6(3)9(13)8-4-7(12)10(11)14-8/h4-6,9H,1-3H3. The Morgan fingerprint density at radius 3 is 2.29 bits per heavy atom. The molecule has 1 rings (SSSR count). The molecule has 0 bridgehead atoms. The van der Waals surface area contributed by atoms with Crippen molar-refractivity contribution >= 4 is 50.5 Å². The lowest BCUT2D eigenvalue weighted by Crippen LogP contribution is -2.09. The predicted molar refractivity (Wildman–Crippen MR) is 69.6 cm³/mol. The molecule has 0 aliphatic heterocycles. The van der Waals surface area contributed by atoms with Crippen LogP contribution >= 0.6 is 50.5 Å². The van der Waals surface area contributed by atoms with Gasteiger partial charge in [-0.15, -0.1) is 22.9 Å². The average Bonchev–Trinajstić information content (AvgIpc) is 2.44. The molecule has 1 aromatic heterocycles. The lowest BCUT2D eigenvalue weighted by molar-refractivity contribution is 0.409. The third kappa shape index (κ3) is 2.88. The van der Waals surface area contributed by atoms with Gasteiger partial charge in [0.05, 0.1) is 14.2 Å². The van der Waals surface area contributed by atoms with Gasteiger partial charge in [-0.05, 0) is 33.8 Å². The van der Waals surface area contributed by atoms with Crippen molar-refractivity contribution in [3.8, 4) is 0 Å². The molecular weight excluding hydrogens is 303 g/mol. The molecule has 0 aliphatic rings. The summed E-state index contributed by atoms with van der Waals surface area (Å²) in [7, 11) is 0. The van der Waals surface area contributed by atoms with E-state index in [1.54, 1.807) is 11.3 Å². The molecule has 14 heavy (non-hydrogen) atoms. The van der Waals surface area contributed by atoms with Crippen molar-refractivity contribution in [3.05, 3.63) is 19.8 Å². The van der Waals surface area contributed by atoms with Crippen LogP contribution in [-0.4, -0.2) is 0 Å². The van der Waals surface area contributed by atoms with Gasteiger partial charge in [-0.25, -0.2) is 0 Å². The molecular formula is C10H13BrCl2S. The molecule has 0 fully saturated rings. The first-order valence-corrected chi connectivity index (χ1v) is 6.94. The number of rotatable bonds is 3. The summed E-state index contributed by atoms with van der Waals surface area (Å²) in [5.41, 5.74) is 0. The minimum absolute atomic E-state index is 0.0591. The summed E-state index contributed by atoms with van der Waals surface area (Å²) in [6.45, 7) is 6.54. The highest BCUT2D eigenvalue weighted by atomic mass is 79.9. The van der Waals surface area contributed by atoms with Crippen LogP contribution in [0.25, 0.3) is 0 Å². The Morgan fingerprint density at radius 1 is 1.36 bits per heavy atom. The Kier molecular flexibility index (Phi) is 4.76. The van der Waals surface area contributed by atoms with Crippen molar-refractivity contribution in [1.82, 2.24) is 0 Å². The van der Waals surface area contributed by atoms with Crippen molar-refractivity contribution in [1.29, 1.82) is 0 Å². The van der Waals surface area contributed by atoms with E-state index in [2.05, 4.69) is 36.7 Å². The van der Waals surface area contributed by atoms with E-state index in [1.165, 1.54) is 0 Å². The maximum atomic E-state index is 6.37. The second-order valence-corrected chi connectivity index (χ2v) is 7.05. The van der Waals surface area contributed by atoms with E-state index in [0.717, 1.165) is 13.7 Å². The lowest BCUT2D eigenvalue weighted by atomic mass is 9.94. The smallest absolute Gasteiger partial charge is 0.0887 e. The van der Waals surface area contributed by atoms with E-state index < -0.39 is 0 Å². The Morgan fingerprint density at radius 2 is 1.93 bits per heavy atom. The van der Waals surface area contributed by atoms with Gasteiger partial charge >= 0.3 is 0 Å². The fourth-order valence-corrected chi connectivity index (χ4v) is 3.42. The van der Waals surface area contributed by atoms with E-state index >= 15 is 0 Å². The maximum absolute atomic E-state index is 6.37. The summed E-state index contributed by atoms with van der Waals surface area (Å²) in [5, 5.41) is 0.815. The molecule has 0 aromatic carbocycles. The van der Waals surface area contributed by atoms with Gasteiger partial charge in [0.25, 0.3) is 0 Å². The van der Waals surface area contributed by atoms with Crippen LogP contribution in [0.5, 0.6) is 0 Å².